The van der Waals surface area contributed by atoms with Crippen LogP contribution in [0, 0.1) is 17.0 Å². The van der Waals surface area contributed by atoms with Gasteiger partial charge in [-0.25, -0.2) is 4.79 Å². The van der Waals surface area contributed by atoms with Crippen LogP contribution in [0.5, 0.6) is 11.5 Å². The van der Waals surface area contributed by atoms with Crippen molar-refractivity contribution >= 4 is 50.4 Å². The molecule has 4 aromatic rings. The van der Waals surface area contributed by atoms with E-state index in [2.05, 4.69) is 15.9 Å². The van der Waals surface area contributed by atoms with Crippen LogP contribution in [0.25, 0.3) is 17.0 Å². The summed E-state index contributed by atoms with van der Waals surface area (Å²) in [6.07, 6.45) is 1.50. The number of carbonyl (C=O) groups is 2. The van der Waals surface area contributed by atoms with Gasteiger partial charge in [0, 0.05) is 27.6 Å². The molecule has 0 bridgehead atoms. The van der Waals surface area contributed by atoms with Gasteiger partial charge in [-0.2, -0.15) is 0 Å². The molecule has 3 aromatic carbocycles. The molecule has 0 saturated heterocycles. The Hall–Kier alpha value is -4.24. The third-order valence-corrected chi connectivity index (χ3v) is 5.81. The van der Waals surface area contributed by atoms with Gasteiger partial charge in [0.2, 0.25) is 11.5 Å². The molecule has 5 rings (SSSR count). The Kier molecular flexibility index (Phi) is 5.25. The molecule has 1 aliphatic heterocycles. The van der Waals surface area contributed by atoms with Crippen molar-refractivity contribution in [2.75, 3.05) is 0 Å². The minimum absolute atomic E-state index is 0.0451. The third-order valence-electron chi connectivity index (χ3n) is 5.32. The predicted octanol–water partition coefficient (Wildman–Crippen LogP) is 6.25. The molecular weight excluding hydrogens is 506 g/mol. The number of ketones is 1. The smallest absolute Gasteiger partial charge is 0.379 e. The van der Waals surface area contributed by atoms with Crippen LogP contribution in [0.4, 0.5) is 5.69 Å². The summed E-state index contributed by atoms with van der Waals surface area (Å²) in [5.41, 5.74) is 1.88. The van der Waals surface area contributed by atoms with E-state index >= 15 is 0 Å². The summed E-state index contributed by atoms with van der Waals surface area (Å²) in [4.78, 5) is 35.8. The summed E-state index contributed by atoms with van der Waals surface area (Å²) in [7, 11) is 0. The molecule has 1 aromatic heterocycles. The quantitative estimate of drug-likeness (QED) is 0.103. The van der Waals surface area contributed by atoms with Crippen LogP contribution in [-0.4, -0.2) is 16.7 Å². The number of hydrogen-bond acceptors (Lipinski definition) is 7. The standard InChI is InChI=1S/C25H14BrNO7/c1-13-19(34-25(29)22-12-15-11-16(26)4-8-20(15)32-22)9-7-18-23(28)21(33-24(13)18)10-14-2-5-17(6-3-14)27(30)31/h2-12H,1H3/b21-10-. The van der Waals surface area contributed by atoms with E-state index in [1.807, 2.05) is 12.1 Å². The highest BCUT2D eigenvalue weighted by Crippen LogP contribution is 2.39. The molecule has 0 radical (unpaired) electrons. The number of ether oxygens (including phenoxy) is 2. The van der Waals surface area contributed by atoms with Crippen molar-refractivity contribution in [1.82, 2.24) is 0 Å². The first-order valence-electron chi connectivity index (χ1n) is 10.0. The molecule has 0 N–H and O–H groups in total. The minimum Gasteiger partial charge on any atom is -0.452 e. The maximum Gasteiger partial charge on any atom is 0.379 e. The molecule has 9 heteroatoms. The van der Waals surface area contributed by atoms with E-state index in [1.165, 1.54) is 42.5 Å². The van der Waals surface area contributed by atoms with Crippen LogP contribution in [0.1, 0.15) is 32.0 Å². The second-order valence-corrected chi connectivity index (χ2v) is 8.45. The van der Waals surface area contributed by atoms with E-state index < -0.39 is 10.9 Å². The lowest BCUT2D eigenvalue weighted by atomic mass is 10.1. The molecule has 0 unspecified atom stereocenters. The molecular formula is C25H14BrNO7. The maximum absolute atomic E-state index is 12.8. The van der Waals surface area contributed by atoms with Crippen LogP contribution in [0.2, 0.25) is 0 Å². The second-order valence-electron chi connectivity index (χ2n) is 7.54. The number of hydrogen-bond donors (Lipinski definition) is 0. The Labute approximate surface area is 200 Å². The molecule has 0 aliphatic carbocycles. The molecule has 8 nitrogen and oxygen atoms in total. The van der Waals surface area contributed by atoms with E-state index in [9.17, 15) is 19.7 Å². The van der Waals surface area contributed by atoms with Gasteiger partial charge in [0.25, 0.3) is 5.69 Å². The maximum atomic E-state index is 12.8. The first-order valence-corrected chi connectivity index (χ1v) is 10.8. The summed E-state index contributed by atoms with van der Waals surface area (Å²) in [5, 5.41) is 11.6. The zero-order valence-electron chi connectivity index (χ0n) is 17.5. The van der Waals surface area contributed by atoms with Gasteiger partial charge in [0.15, 0.2) is 5.76 Å². The van der Waals surface area contributed by atoms with Gasteiger partial charge in [0.05, 0.1) is 10.5 Å². The number of allylic oxidation sites excluding steroid dienone is 1. The summed E-state index contributed by atoms with van der Waals surface area (Å²) >= 11 is 3.38. The topological polar surface area (TPSA) is 109 Å². The number of rotatable bonds is 4. The Bertz CT molecular complexity index is 1530. The normalized spacial score (nSPS) is 13.7. The fraction of sp³-hybridized carbons (Fsp3) is 0.0400. The molecule has 0 saturated carbocycles. The van der Waals surface area contributed by atoms with Crippen molar-refractivity contribution in [2.45, 2.75) is 6.92 Å². The van der Waals surface area contributed by atoms with Crippen molar-refractivity contribution in [3.8, 4) is 11.5 Å². The van der Waals surface area contributed by atoms with E-state index in [-0.39, 0.29) is 34.5 Å². The van der Waals surface area contributed by atoms with Crippen molar-refractivity contribution in [3.63, 3.8) is 0 Å². The highest BCUT2D eigenvalue weighted by atomic mass is 79.9. The number of esters is 1. The summed E-state index contributed by atoms with van der Waals surface area (Å²) in [6, 6.07) is 15.8. The van der Waals surface area contributed by atoms with Gasteiger partial charge in [-0.15, -0.1) is 0 Å². The van der Waals surface area contributed by atoms with E-state index in [0.29, 0.717) is 22.3 Å². The van der Waals surface area contributed by atoms with Crippen LogP contribution in [0.3, 0.4) is 0 Å². The van der Waals surface area contributed by atoms with Crippen molar-refractivity contribution in [3.05, 3.63) is 103 Å². The number of fused-ring (bicyclic) bond motifs is 2. The lowest BCUT2D eigenvalue weighted by molar-refractivity contribution is -0.384. The number of benzene rings is 3. The third kappa shape index (κ3) is 3.86. The first-order chi connectivity index (χ1) is 16.3. The molecule has 2 heterocycles. The molecule has 168 valence electrons. The average molecular weight is 520 g/mol. The lowest BCUT2D eigenvalue weighted by Gasteiger charge is -2.09. The highest BCUT2D eigenvalue weighted by Gasteiger charge is 2.31. The van der Waals surface area contributed by atoms with Gasteiger partial charge in [0.1, 0.15) is 17.1 Å². The molecule has 1 aliphatic rings. The minimum atomic E-state index is -0.679. The number of nitro benzene ring substituents is 1. The Balaban J connectivity index is 1.39. The number of furan rings is 1. The fourth-order valence-electron chi connectivity index (χ4n) is 3.59. The Morgan fingerprint density at radius 3 is 2.59 bits per heavy atom. The molecule has 0 fully saturated rings. The van der Waals surface area contributed by atoms with Gasteiger partial charge in [-0.3, -0.25) is 14.9 Å². The second kappa shape index (κ2) is 8.27. The number of nitro groups is 1. The summed E-state index contributed by atoms with van der Waals surface area (Å²) in [6.45, 7) is 1.68. The number of carbonyl (C=O) groups excluding carboxylic acids is 2. The summed E-state index contributed by atoms with van der Waals surface area (Å²) < 4.78 is 17.7. The Morgan fingerprint density at radius 1 is 1.09 bits per heavy atom. The first kappa shape index (κ1) is 21.6. The zero-order valence-corrected chi connectivity index (χ0v) is 19.1. The Morgan fingerprint density at radius 2 is 1.85 bits per heavy atom. The van der Waals surface area contributed by atoms with Crippen LogP contribution >= 0.6 is 15.9 Å². The number of nitrogens with zero attached hydrogens (tertiary/aromatic N) is 1. The average Bonchev–Trinajstić information content (AvgIpc) is 3.37. The van der Waals surface area contributed by atoms with Crippen LogP contribution < -0.4 is 9.47 Å². The SMILES string of the molecule is Cc1c(OC(=O)c2cc3cc(Br)ccc3o2)ccc2c1O/C(=C\c1ccc([N+](=O)[O-])cc1)C2=O. The zero-order chi connectivity index (χ0) is 24.0. The van der Waals surface area contributed by atoms with Crippen LogP contribution in [0.15, 0.2) is 75.3 Å². The van der Waals surface area contributed by atoms with Gasteiger partial charge in [-0.1, -0.05) is 15.9 Å². The summed E-state index contributed by atoms with van der Waals surface area (Å²) in [5.74, 6) is -0.382. The molecule has 0 spiro atoms. The van der Waals surface area contributed by atoms with E-state index in [0.717, 1.165) is 9.86 Å². The van der Waals surface area contributed by atoms with Crippen molar-refractivity contribution in [1.29, 1.82) is 0 Å². The monoisotopic (exact) mass is 519 g/mol. The molecule has 34 heavy (non-hydrogen) atoms. The largest absolute Gasteiger partial charge is 0.452 e. The number of Topliss-reactive ketones (excluding diaryl/α,β-unsaturated/α-hetero) is 1. The van der Waals surface area contributed by atoms with E-state index in [4.69, 9.17) is 13.9 Å². The fourth-order valence-corrected chi connectivity index (χ4v) is 3.97. The number of non-ortho nitro benzene ring substituents is 1. The van der Waals surface area contributed by atoms with Crippen molar-refractivity contribution in [2.24, 2.45) is 0 Å². The van der Waals surface area contributed by atoms with Gasteiger partial charge < -0.3 is 13.9 Å². The lowest BCUT2D eigenvalue weighted by Crippen LogP contribution is -2.08. The molecule has 0 amide bonds. The predicted molar refractivity (Wildman–Crippen MR) is 126 cm³/mol. The van der Waals surface area contributed by atoms with Gasteiger partial charge >= 0.3 is 5.97 Å². The van der Waals surface area contributed by atoms with Crippen molar-refractivity contribution < 1.29 is 28.4 Å². The van der Waals surface area contributed by atoms with Crippen LogP contribution in [-0.2, 0) is 0 Å². The van der Waals surface area contributed by atoms with Gasteiger partial charge in [-0.05, 0) is 67.1 Å². The molecule has 0 atom stereocenters. The number of halogens is 1. The highest BCUT2D eigenvalue weighted by molar-refractivity contribution is 9.10. The van der Waals surface area contributed by atoms with E-state index in [1.54, 1.807) is 19.1 Å².